The fourth-order valence-electron chi connectivity index (χ4n) is 3.21. The van der Waals surface area contributed by atoms with Crippen molar-refractivity contribution in [1.29, 1.82) is 5.26 Å². The van der Waals surface area contributed by atoms with E-state index in [4.69, 9.17) is 16.3 Å². The molecule has 1 aromatic carbocycles. The van der Waals surface area contributed by atoms with Crippen LogP contribution in [0.2, 0.25) is 5.02 Å². The third-order valence-corrected chi connectivity index (χ3v) is 6.25. The highest BCUT2D eigenvalue weighted by atomic mass is 35.5. The number of hydrogen-bond acceptors (Lipinski definition) is 7. The summed E-state index contributed by atoms with van der Waals surface area (Å²) in [5.41, 5.74) is -0.157. The molecule has 150 valence electrons. The molecule has 0 amide bonds. The number of nitriles is 1. The van der Waals surface area contributed by atoms with Crippen LogP contribution in [0.15, 0.2) is 40.4 Å². The predicted molar refractivity (Wildman–Crippen MR) is 105 cm³/mol. The molecule has 2 aliphatic rings. The number of anilines is 1. The number of rotatable bonds is 1. The summed E-state index contributed by atoms with van der Waals surface area (Å²) in [5, 5.41) is 23.0. The van der Waals surface area contributed by atoms with Crippen molar-refractivity contribution >= 4 is 33.4 Å². The molecule has 3 N–H and O–H groups in total. The van der Waals surface area contributed by atoms with E-state index in [1.165, 1.54) is 12.3 Å². The van der Waals surface area contributed by atoms with E-state index < -0.39 is 27.8 Å². The lowest BCUT2D eigenvalue weighted by atomic mass is 9.86. The summed E-state index contributed by atoms with van der Waals surface area (Å²) in [6.45, 7) is 3.40. The van der Waals surface area contributed by atoms with Gasteiger partial charge in [0.15, 0.2) is 5.82 Å². The van der Waals surface area contributed by atoms with Gasteiger partial charge in [0.05, 0.1) is 16.7 Å². The van der Waals surface area contributed by atoms with E-state index in [0.717, 1.165) is 0 Å². The third-order valence-electron chi connectivity index (χ3n) is 4.69. The number of ether oxygens (including phenoxy) is 1. The molecule has 0 spiro atoms. The van der Waals surface area contributed by atoms with Crippen molar-refractivity contribution in [2.75, 3.05) is 5.32 Å². The normalized spacial score (nSPS) is 24.9. The average Bonchev–Trinajstić information content (AvgIpc) is 2.65. The third kappa shape index (κ3) is 3.37. The number of aromatic nitrogens is 1. The Morgan fingerprint density at radius 1 is 1.38 bits per heavy atom. The molecule has 1 aromatic heterocycles. The molecule has 0 saturated carbocycles. The summed E-state index contributed by atoms with van der Waals surface area (Å²) in [6, 6.07) is 7.21. The highest BCUT2D eigenvalue weighted by Crippen LogP contribution is 2.42. The van der Waals surface area contributed by atoms with Crippen molar-refractivity contribution in [3.05, 3.63) is 46.6 Å². The molecular weight excluding hydrogens is 418 g/mol. The molecule has 11 heteroatoms. The largest absolute Gasteiger partial charge is 0.485 e. The van der Waals surface area contributed by atoms with E-state index in [2.05, 4.69) is 20.0 Å². The molecule has 0 bridgehead atoms. The lowest BCUT2D eigenvalue weighted by Gasteiger charge is -2.40. The Kier molecular flexibility index (Phi) is 4.42. The van der Waals surface area contributed by atoms with Gasteiger partial charge in [0, 0.05) is 11.8 Å². The standard InChI is InChI=1S/C18H16ClN5O4S/c1-18(2)15(25)14(11-5-9(7-20)3-4-12(11)28-18)22-17-23-16-13(29(26,27)24-17)6-10(19)8-21-16/h3-6,8,14-15,25H,1-2H3,(H2,21,22,23,24)/t14?,15-/m0/s1. The first-order valence-corrected chi connectivity index (χ1v) is 10.4. The second kappa shape index (κ2) is 6.59. The van der Waals surface area contributed by atoms with Gasteiger partial charge in [0.2, 0.25) is 5.96 Å². The quantitative estimate of drug-likeness (QED) is 0.624. The van der Waals surface area contributed by atoms with Crippen LogP contribution in [-0.4, -0.2) is 36.2 Å². The Bertz CT molecular complexity index is 1190. The van der Waals surface area contributed by atoms with Crippen molar-refractivity contribution in [2.45, 2.75) is 36.5 Å². The number of aliphatic hydroxyl groups excluding tert-OH is 1. The highest BCUT2D eigenvalue weighted by Gasteiger charge is 2.44. The van der Waals surface area contributed by atoms with Crippen molar-refractivity contribution in [2.24, 2.45) is 4.99 Å². The summed E-state index contributed by atoms with van der Waals surface area (Å²) in [6.07, 6.45) is 0.203. The Labute approximate surface area is 172 Å². The number of guanidine groups is 1. The number of fused-ring (bicyclic) bond motifs is 2. The van der Waals surface area contributed by atoms with E-state index in [0.29, 0.717) is 16.9 Å². The maximum atomic E-state index is 12.6. The first-order valence-electron chi connectivity index (χ1n) is 8.55. The molecule has 3 heterocycles. The number of aliphatic hydroxyl groups is 1. The number of aliphatic imine (C=N–C) groups is 1. The van der Waals surface area contributed by atoms with Crippen LogP contribution in [0, 0.1) is 11.3 Å². The molecule has 2 aliphatic heterocycles. The van der Waals surface area contributed by atoms with Crippen molar-refractivity contribution in [3.8, 4) is 11.8 Å². The summed E-state index contributed by atoms with van der Waals surface area (Å²) >= 11 is 5.85. The summed E-state index contributed by atoms with van der Waals surface area (Å²) in [7, 11) is -3.96. The highest BCUT2D eigenvalue weighted by molar-refractivity contribution is 7.90. The number of hydrogen-bond donors (Lipinski definition) is 3. The average molecular weight is 434 g/mol. The Balaban J connectivity index is 1.82. The second-order valence-electron chi connectivity index (χ2n) is 7.17. The SMILES string of the molecule is CC1(C)Oc2ccc(C#N)cc2C(N=C2Nc3ncc(Cl)cc3S(=O)(=O)N2)[C@@H]1O. The second-order valence-corrected chi connectivity index (χ2v) is 9.26. The van der Waals surface area contributed by atoms with Crippen LogP contribution in [-0.2, 0) is 10.0 Å². The van der Waals surface area contributed by atoms with Crippen LogP contribution < -0.4 is 14.8 Å². The molecule has 0 fully saturated rings. The number of pyridine rings is 1. The van der Waals surface area contributed by atoms with Gasteiger partial charge >= 0.3 is 0 Å². The van der Waals surface area contributed by atoms with Gasteiger partial charge in [-0.15, -0.1) is 0 Å². The Hall–Kier alpha value is -2.87. The minimum atomic E-state index is -3.96. The van der Waals surface area contributed by atoms with Crippen LogP contribution in [0.1, 0.15) is 31.0 Å². The van der Waals surface area contributed by atoms with Gasteiger partial charge in [-0.2, -0.15) is 5.26 Å². The van der Waals surface area contributed by atoms with Gasteiger partial charge in [0.25, 0.3) is 10.0 Å². The lowest BCUT2D eigenvalue weighted by Crippen LogP contribution is -2.49. The van der Waals surface area contributed by atoms with Gasteiger partial charge in [0.1, 0.15) is 28.4 Å². The fraction of sp³-hybridized carbons (Fsp3) is 0.278. The zero-order chi connectivity index (χ0) is 21.0. The van der Waals surface area contributed by atoms with Crippen LogP contribution >= 0.6 is 11.6 Å². The molecule has 29 heavy (non-hydrogen) atoms. The van der Waals surface area contributed by atoms with E-state index >= 15 is 0 Å². The molecule has 0 saturated heterocycles. The number of benzene rings is 1. The maximum absolute atomic E-state index is 12.6. The minimum absolute atomic E-state index is 0.0682. The Morgan fingerprint density at radius 2 is 2.14 bits per heavy atom. The zero-order valence-electron chi connectivity index (χ0n) is 15.3. The van der Waals surface area contributed by atoms with Crippen LogP contribution in [0.4, 0.5) is 5.82 Å². The van der Waals surface area contributed by atoms with E-state index in [-0.39, 0.29) is 21.7 Å². The zero-order valence-corrected chi connectivity index (χ0v) is 16.9. The van der Waals surface area contributed by atoms with Gasteiger partial charge in [-0.05, 0) is 38.1 Å². The smallest absolute Gasteiger partial charge is 0.267 e. The summed E-state index contributed by atoms with van der Waals surface area (Å²) < 4.78 is 33.3. The van der Waals surface area contributed by atoms with Crippen molar-refractivity contribution in [3.63, 3.8) is 0 Å². The van der Waals surface area contributed by atoms with Crippen molar-refractivity contribution in [1.82, 2.24) is 9.71 Å². The van der Waals surface area contributed by atoms with E-state index in [9.17, 15) is 18.8 Å². The molecule has 2 atom stereocenters. The van der Waals surface area contributed by atoms with Crippen LogP contribution in [0.3, 0.4) is 0 Å². The van der Waals surface area contributed by atoms with Crippen LogP contribution in [0.25, 0.3) is 0 Å². The topological polar surface area (TPSA) is 137 Å². The lowest BCUT2D eigenvalue weighted by molar-refractivity contribution is -0.0567. The number of nitrogens with one attached hydrogen (secondary N) is 2. The van der Waals surface area contributed by atoms with Gasteiger partial charge in [-0.1, -0.05) is 11.6 Å². The number of nitrogens with zero attached hydrogens (tertiary/aromatic N) is 3. The minimum Gasteiger partial charge on any atom is -0.485 e. The molecule has 9 nitrogen and oxygen atoms in total. The molecule has 2 aromatic rings. The molecule has 1 unspecified atom stereocenters. The predicted octanol–water partition coefficient (Wildman–Crippen LogP) is 1.94. The Morgan fingerprint density at radius 3 is 2.86 bits per heavy atom. The number of sulfonamides is 1. The van der Waals surface area contributed by atoms with Gasteiger partial charge in [-0.3, -0.25) is 0 Å². The number of halogens is 1. The first kappa shape index (κ1) is 19.4. The van der Waals surface area contributed by atoms with E-state index in [1.807, 2.05) is 6.07 Å². The molecule has 4 rings (SSSR count). The monoisotopic (exact) mass is 433 g/mol. The fourth-order valence-corrected chi connectivity index (χ4v) is 4.54. The summed E-state index contributed by atoms with van der Waals surface area (Å²) in [4.78, 5) is 8.30. The maximum Gasteiger partial charge on any atom is 0.267 e. The van der Waals surface area contributed by atoms with Crippen molar-refractivity contribution < 1.29 is 18.3 Å². The van der Waals surface area contributed by atoms with Gasteiger partial charge in [-0.25, -0.2) is 23.1 Å². The van der Waals surface area contributed by atoms with Gasteiger partial charge < -0.3 is 15.2 Å². The molecule has 0 aliphatic carbocycles. The molecule has 0 radical (unpaired) electrons. The molecular formula is C18H16ClN5O4S. The van der Waals surface area contributed by atoms with Crippen LogP contribution in [0.5, 0.6) is 5.75 Å². The summed E-state index contributed by atoms with van der Waals surface area (Å²) in [5.74, 6) is 0.415. The first-order chi connectivity index (χ1) is 13.6. The van der Waals surface area contributed by atoms with E-state index in [1.54, 1.807) is 32.0 Å².